The Morgan fingerprint density at radius 1 is 1.32 bits per heavy atom. The zero-order chi connectivity index (χ0) is 13.8. The van der Waals surface area contributed by atoms with Gasteiger partial charge in [-0.1, -0.05) is 18.2 Å². The van der Waals surface area contributed by atoms with Gasteiger partial charge in [-0.05, 0) is 37.8 Å². The molecule has 0 bridgehead atoms. The molecule has 1 aliphatic carbocycles. The Kier molecular flexibility index (Phi) is 4.20. The number of carboxylic acid groups (broad SMARTS) is 1. The summed E-state index contributed by atoms with van der Waals surface area (Å²) in [7, 11) is 0. The van der Waals surface area contributed by atoms with Crippen molar-refractivity contribution in [1.29, 1.82) is 0 Å². The predicted molar refractivity (Wildman–Crippen MR) is 72.1 cm³/mol. The van der Waals surface area contributed by atoms with Gasteiger partial charge in [0.2, 0.25) is 5.91 Å². The van der Waals surface area contributed by atoms with Gasteiger partial charge in [0.05, 0.1) is 5.56 Å². The second-order valence-corrected chi connectivity index (χ2v) is 4.87. The van der Waals surface area contributed by atoms with Crippen molar-refractivity contribution in [2.45, 2.75) is 38.6 Å². The van der Waals surface area contributed by atoms with Crippen LogP contribution >= 0.6 is 0 Å². The summed E-state index contributed by atoms with van der Waals surface area (Å²) in [6.07, 6.45) is 3.08. The van der Waals surface area contributed by atoms with Crippen molar-refractivity contribution >= 4 is 11.9 Å². The van der Waals surface area contributed by atoms with Crippen molar-refractivity contribution < 1.29 is 14.7 Å². The summed E-state index contributed by atoms with van der Waals surface area (Å²) in [4.78, 5) is 25.1. The van der Waals surface area contributed by atoms with E-state index in [9.17, 15) is 9.59 Å². The number of carbonyl (C=O) groups is 2. The van der Waals surface area contributed by atoms with Gasteiger partial charge in [-0.15, -0.1) is 0 Å². The summed E-state index contributed by atoms with van der Waals surface area (Å²) in [5.74, 6) is -0.803. The smallest absolute Gasteiger partial charge is 0.335 e. The predicted octanol–water partition coefficient (Wildman–Crippen LogP) is 2.33. The first-order valence-electron chi connectivity index (χ1n) is 6.74. The van der Waals surface area contributed by atoms with Crippen LogP contribution in [-0.4, -0.2) is 34.5 Å². The molecule has 2 rings (SSSR count). The van der Waals surface area contributed by atoms with Crippen molar-refractivity contribution in [2.75, 3.05) is 6.54 Å². The van der Waals surface area contributed by atoms with Crippen molar-refractivity contribution in [3.63, 3.8) is 0 Å². The summed E-state index contributed by atoms with van der Waals surface area (Å²) in [5, 5.41) is 9.09. The summed E-state index contributed by atoms with van der Waals surface area (Å²) < 4.78 is 0. The second-order valence-electron chi connectivity index (χ2n) is 4.87. The van der Waals surface area contributed by atoms with Gasteiger partial charge in [-0.2, -0.15) is 0 Å². The average molecular weight is 261 g/mol. The van der Waals surface area contributed by atoms with Crippen molar-refractivity contribution in [3.8, 4) is 0 Å². The molecule has 1 amide bonds. The first-order valence-corrected chi connectivity index (χ1v) is 6.74. The van der Waals surface area contributed by atoms with Gasteiger partial charge in [0.25, 0.3) is 0 Å². The molecule has 19 heavy (non-hydrogen) atoms. The third-order valence-corrected chi connectivity index (χ3v) is 3.50. The second kappa shape index (κ2) is 5.87. The number of hydrogen-bond acceptors (Lipinski definition) is 2. The molecule has 0 aromatic heterocycles. The molecule has 0 atom stereocenters. The Hall–Kier alpha value is -1.84. The number of carboxylic acids is 1. The van der Waals surface area contributed by atoms with Crippen LogP contribution < -0.4 is 0 Å². The van der Waals surface area contributed by atoms with E-state index < -0.39 is 5.97 Å². The third-order valence-electron chi connectivity index (χ3n) is 3.50. The van der Waals surface area contributed by atoms with Crippen LogP contribution in [0.3, 0.4) is 0 Å². The lowest BCUT2D eigenvalue weighted by molar-refractivity contribution is -0.131. The number of amides is 1. The van der Waals surface area contributed by atoms with E-state index in [0.29, 0.717) is 24.4 Å². The lowest BCUT2D eigenvalue weighted by Gasteiger charge is -2.20. The number of aromatic carboxylic acids is 1. The topological polar surface area (TPSA) is 57.6 Å². The van der Waals surface area contributed by atoms with E-state index >= 15 is 0 Å². The van der Waals surface area contributed by atoms with Crippen LogP contribution in [0.15, 0.2) is 24.3 Å². The fourth-order valence-corrected chi connectivity index (χ4v) is 2.36. The summed E-state index contributed by atoms with van der Waals surface area (Å²) >= 11 is 0. The van der Waals surface area contributed by atoms with Crippen LogP contribution in [0.2, 0.25) is 0 Å². The minimum Gasteiger partial charge on any atom is -0.478 e. The minimum absolute atomic E-state index is 0.130. The molecule has 1 fully saturated rings. The monoisotopic (exact) mass is 261 g/mol. The van der Waals surface area contributed by atoms with Gasteiger partial charge in [0, 0.05) is 19.0 Å². The maximum absolute atomic E-state index is 12.1. The summed E-state index contributed by atoms with van der Waals surface area (Å²) in [6.45, 7) is 2.73. The van der Waals surface area contributed by atoms with Gasteiger partial charge in [-0.3, -0.25) is 4.79 Å². The number of carbonyl (C=O) groups excluding carboxylic acids is 1. The molecule has 4 heteroatoms. The first-order chi connectivity index (χ1) is 9.13. The summed E-state index contributed by atoms with van der Waals surface area (Å²) in [5.41, 5.74) is 1.03. The molecule has 1 aromatic carbocycles. The average Bonchev–Trinajstić information content (AvgIpc) is 3.22. The van der Waals surface area contributed by atoms with Gasteiger partial charge < -0.3 is 10.0 Å². The van der Waals surface area contributed by atoms with Crippen molar-refractivity contribution in [1.82, 2.24) is 4.90 Å². The van der Waals surface area contributed by atoms with E-state index in [-0.39, 0.29) is 5.91 Å². The molecule has 0 aliphatic heterocycles. The molecule has 0 saturated heterocycles. The molecule has 102 valence electrons. The van der Waals surface area contributed by atoms with Gasteiger partial charge in [0.1, 0.15) is 0 Å². The van der Waals surface area contributed by atoms with Crippen LogP contribution in [0.1, 0.15) is 42.1 Å². The van der Waals surface area contributed by atoms with E-state index in [0.717, 1.165) is 24.9 Å². The maximum Gasteiger partial charge on any atom is 0.335 e. The maximum atomic E-state index is 12.1. The van der Waals surface area contributed by atoms with Gasteiger partial charge in [0.15, 0.2) is 0 Å². The SMILES string of the molecule is CCN(C(=O)CCc1ccccc1C(=O)O)C1CC1. The molecule has 1 N–H and O–H groups in total. The summed E-state index contributed by atoms with van der Waals surface area (Å²) in [6, 6.07) is 7.31. The number of nitrogens with zero attached hydrogens (tertiary/aromatic N) is 1. The molecular formula is C15H19NO3. The Labute approximate surface area is 113 Å². The molecular weight excluding hydrogens is 242 g/mol. The van der Waals surface area contributed by atoms with Crippen LogP contribution in [0, 0.1) is 0 Å². The van der Waals surface area contributed by atoms with E-state index in [2.05, 4.69) is 0 Å². The molecule has 0 heterocycles. The lowest BCUT2D eigenvalue weighted by atomic mass is 10.0. The normalized spacial score (nSPS) is 14.2. The molecule has 1 aliphatic rings. The zero-order valence-electron chi connectivity index (χ0n) is 11.1. The highest BCUT2D eigenvalue weighted by molar-refractivity contribution is 5.89. The van der Waals surface area contributed by atoms with E-state index in [4.69, 9.17) is 5.11 Å². The van der Waals surface area contributed by atoms with Crippen molar-refractivity contribution in [2.24, 2.45) is 0 Å². The zero-order valence-corrected chi connectivity index (χ0v) is 11.1. The third kappa shape index (κ3) is 3.34. The van der Waals surface area contributed by atoms with E-state index in [1.807, 2.05) is 17.9 Å². The number of benzene rings is 1. The minimum atomic E-state index is -0.933. The molecule has 0 spiro atoms. The number of aryl methyl sites for hydroxylation is 1. The Morgan fingerprint density at radius 3 is 2.58 bits per heavy atom. The molecule has 1 aromatic rings. The fourth-order valence-electron chi connectivity index (χ4n) is 2.36. The Bertz CT molecular complexity index is 480. The van der Waals surface area contributed by atoms with Crippen LogP contribution in [0.4, 0.5) is 0 Å². The van der Waals surface area contributed by atoms with E-state index in [1.54, 1.807) is 18.2 Å². The molecule has 0 radical (unpaired) electrons. The lowest BCUT2D eigenvalue weighted by Crippen LogP contribution is -2.33. The van der Waals surface area contributed by atoms with Crippen LogP contribution in [0.25, 0.3) is 0 Å². The van der Waals surface area contributed by atoms with Crippen LogP contribution in [-0.2, 0) is 11.2 Å². The first kappa shape index (κ1) is 13.6. The van der Waals surface area contributed by atoms with Crippen LogP contribution in [0.5, 0.6) is 0 Å². The van der Waals surface area contributed by atoms with Gasteiger partial charge >= 0.3 is 5.97 Å². The fraction of sp³-hybridized carbons (Fsp3) is 0.467. The number of hydrogen-bond donors (Lipinski definition) is 1. The highest BCUT2D eigenvalue weighted by atomic mass is 16.4. The highest BCUT2D eigenvalue weighted by Gasteiger charge is 2.30. The molecule has 1 saturated carbocycles. The van der Waals surface area contributed by atoms with E-state index in [1.165, 1.54) is 0 Å². The molecule has 4 nitrogen and oxygen atoms in total. The Balaban J connectivity index is 1.98. The standard InChI is InChI=1S/C15H19NO3/c1-2-16(12-8-9-12)14(17)10-7-11-5-3-4-6-13(11)15(18)19/h3-6,12H,2,7-10H2,1H3,(H,18,19). The number of rotatable bonds is 6. The Morgan fingerprint density at radius 2 is 2.00 bits per heavy atom. The molecule has 0 unspecified atom stereocenters. The van der Waals surface area contributed by atoms with Gasteiger partial charge in [-0.25, -0.2) is 4.79 Å². The largest absolute Gasteiger partial charge is 0.478 e. The van der Waals surface area contributed by atoms with Crippen molar-refractivity contribution in [3.05, 3.63) is 35.4 Å². The highest BCUT2D eigenvalue weighted by Crippen LogP contribution is 2.27. The quantitative estimate of drug-likeness (QED) is 0.855.